The van der Waals surface area contributed by atoms with E-state index in [9.17, 15) is 53.1 Å². The number of nitrogens with two attached hydrogens (primary N) is 2. The number of fused-ring (bicyclic) bond motifs is 1. The van der Waals surface area contributed by atoms with Gasteiger partial charge in [-0.3, -0.25) is 52.9 Å². The summed E-state index contributed by atoms with van der Waals surface area (Å²) in [6.45, 7) is 7.75. The zero-order valence-corrected chi connectivity index (χ0v) is 37.3. The van der Waals surface area contributed by atoms with Crippen LogP contribution in [0.1, 0.15) is 98.8 Å². The highest BCUT2D eigenvalue weighted by Gasteiger charge is 2.42. The van der Waals surface area contributed by atoms with Gasteiger partial charge >= 0.3 is 5.97 Å². The molecule has 0 saturated carbocycles. The monoisotopic (exact) mass is 893 g/mol. The predicted molar refractivity (Wildman–Crippen MR) is 229 cm³/mol. The summed E-state index contributed by atoms with van der Waals surface area (Å²) in [5, 5.41) is 27.4. The largest absolute Gasteiger partial charge is 0.481 e. The van der Waals surface area contributed by atoms with E-state index in [2.05, 4.69) is 42.2 Å². The molecular formula is C40H68N12O11. The van der Waals surface area contributed by atoms with Gasteiger partial charge in [0.1, 0.15) is 36.3 Å². The van der Waals surface area contributed by atoms with E-state index in [4.69, 9.17) is 11.5 Å². The Balaban J connectivity index is 2.61. The van der Waals surface area contributed by atoms with Crippen molar-refractivity contribution in [1.29, 1.82) is 0 Å². The summed E-state index contributed by atoms with van der Waals surface area (Å²) >= 11 is 0. The third-order valence-electron chi connectivity index (χ3n) is 10.4. The molecule has 2 aliphatic rings. The van der Waals surface area contributed by atoms with Crippen LogP contribution in [0.25, 0.3) is 0 Å². The van der Waals surface area contributed by atoms with Crippen LogP contribution in [0.2, 0.25) is 0 Å². The molecule has 0 unspecified atom stereocenters. The lowest BCUT2D eigenvalue weighted by Crippen LogP contribution is -2.59. The first-order chi connectivity index (χ1) is 29.6. The second kappa shape index (κ2) is 26.4. The van der Waals surface area contributed by atoms with E-state index in [0.717, 1.165) is 0 Å². The van der Waals surface area contributed by atoms with Crippen LogP contribution in [0.15, 0.2) is 4.99 Å². The van der Waals surface area contributed by atoms with Crippen LogP contribution in [-0.4, -0.2) is 156 Å². The van der Waals surface area contributed by atoms with E-state index in [-0.39, 0.29) is 75.3 Å². The molecule has 23 heteroatoms. The van der Waals surface area contributed by atoms with Crippen LogP contribution in [0.5, 0.6) is 0 Å². The number of hydrogen-bond acceptors (Lipinski definition) is 11. The molecule has 2 saturated heterocycles. The average Bonchev–Trinajstić information content (AvgIpc) is 3.69. The van der Waals surface area contributed by atoms with E-state index in [1.165, 1.54) is 23.8 Å². The molecule has 63 heavy (non-hydrogen) atoms. The van der Waals surface area contributed by atoms with E-state index in [1.54, 1.807) is 27.7 Å². The molecule has 0 bridgehead atoms. The molecule has 0 spiro atoms. The third-order valence-corrected chi connectivity index (χ3v) is 10.4. The quantitative estimate of drug-likeness (QED) is 0.0444. The summed E-state index contributed by atoms with van der Waals surface area (Å²) in [4.78, 5) is 140. The number of carboxylic acid groups (broad SMARTS) is 1. The number of nitrogens with one attached hydrogen (secondary N) is 7. The Morgan fingerprint density at radius 3 is 1.90 bits per heavy atom. The van der Waals surface area contributed by atoms with E-state index in [0.29, 0.717) is 25.8 Å². The highest BCUT2D eigenvalue weighted by molar-refractivity contribution is 5.98. The maximum Gasteiger partial charge on any atom is 0.305 e. The van der Waals surface area contributed by atoms with Crippen LogP contribution in [0, 0.1) is 11.8 Å². The number of carbonyl (C=O) groups is 10. The zero-order chi connectivity index (χ0) is 47.4. The summed E-state index contributed by atoms with van der Waals surface area (Å²) in [6.07, 6.45) is 1.07. The summed E-state index contributed by atoms with van der Waals surface area (Å²) in [7, 11) is 1.41. The minimum atomic E-state index is -1.69. The van der Waals surface area contributed by atoms with Crippen molar-refractivity contribution in [1.82, 2.24) is 47.0 Å². The van der Waals surface area contributed by atoms with E-state index >= 15 is 0 Å². The molecule has 2 rings (SSSR count). The fourth-order valence-corrected chi connectivity index (χ4v) is 7.27. The van der Waals surface area contributed by atoms with Crippen LogP contribution in [0.3, 0.4) is 0 Å². The number of nitrogens with zero attached hydrogens (tertiary/aromatic N) is 3. The van der Waals surface area contributed by atoms with Gasteiger partial charge in [0.05, 0.1) is 19.5 Å². The smallest absolute Gasteiger partial charge is 0.305 e. The Kier molecular flexibility index (Phi) is 22.3. The molecule has 2 heterocycles. The molecule has 354 valence electrons. The van der Waals surface area contributed by atoms with Gasteiger partial charge < -0.3 is 63.6 Å². The zero-order valence-electron chi connectivity index (χ0n) is 37.3. The predicted octanol–water partition coefficient (Wildman–Crippen LogP) is -3.08. The van der Waals surface area contributed by atoms with Gasteiger partial charge in [0.25, 0.3) is 0 Å². The lowest BCUT2D eigenvalue weighted by atomic mass is 10.0. The number of likely N-dealkylation sites (N-methyl/N-ethyl adjacent to an activating group) is 1. The second-order valence-corrected chi connectivity index (χ2v) is 16.7. The Hall–Kier alpha value is -6.03. The van der Waals surface area contributed by atoms with Crippen molar-refractivity contribution < 1.29 is 53.1 Å². The average molecular weight is 893 g/mol. The lowest BCUT2D eigenvalue weighted by molar-refractivity contribution is -0.148. The molecule has 12 N–H and O–H groups in total. The van der Waals surface area contributed by atoms with Crippen molar-refractivity contribution in [2.45, 2.75) is 135 Å². The van der Waals surface area contributed by atoms with Crippen molar-refractivity contribution in [2.75, 3.05) is 39.8 Å². The summed E-state index contributed by atoms with van der Waals surface area (Å²) < 4.78 is 0. The highest BCUT2D eigenvalue weighted by Crippen LogP contribution is 2.24. The normalized spacial score (nSPS) is 24.0. The first kappa shape index (κ1) is 53.1. The highest BCUT2D eigenvalue weighted by atomic mass is 16.4. The first-order valence-corrected chi connectivity index (χ1v) is 21.4. The molecular weight excluding hydrogens is 825 g/mol. The number of carbonyl (C=O) groups excluding carboxylic acids is 9. The van der Waals surface area contributed by atoms with Crippen molar-refractivity contribution in [3.63, 3.8) is 0 Å². The number of aliphatic carboxylic acids is 1. The molecule has 0 aromatic heterocycles. The van der Waals surface area contributed by atoms with Crippen LogP contribution in [0.4, 0.5) is 0 Å². The summed E-state index contributed by atoms with van der Waals surface area (Å²) in [5.41, 5.74) is 10.8. The van der Waals surface area contributed by atoms with Gasteiger partial charge in [0.15, 0.2) is 5.96 Å². The van der Waals surface area contributed by atoms with Crippen molar-refractivity contribution in [3.05, 3.63) is 0 Å². The first-order valence-electron chi connectivity index (χ1n) is 21.4. The second-order valence-electron chi connectivity index (χ2n) is 16.7. The molecule has 23 nitrogen and oxygen atoms in total. The Morgan fingerprint density at radius 2 is 1.32 bits per heavy atom. The number of amides is 9. The number of hydrogen-bond donors (Lipinski definition) is 10. The van der Waals surface area contributed by atoms with E-state index in [1.807, 2.05) is 0 Å². The van der Waals surface area contributed by atoms with Crippen LogP contribution in [-0.2, 0) is 47.9 Å². The maximum atomic E-state index is 14.2. The molecule has 6 atom stereocenters. The lowest BCUT2D eigenvalue weighted by Gasteiger charge is -2.34. The van der Waals surface area contributed by atoms with Crippen LogP contribution < -0.4 is 48.7 Å². The van der Waals surface area contributed by atoms with Crippen molar-refractivity contribution >= 4 is 65.1 Å². The van der Waals surface area contributed by atoms with Gasteiger partial charge in [0.2, 0.25) is 53.2 Å². The summed E-state index contributed by atoms with van der Waals surface area (Å²) in [6, 6.07) is -7.59. The molecule has 0 radical (unpaired) electrons. The number of rotatable bonds is 15. The van der Waals surface area contributed by atoms with Gasteiger partial charge in [-0.05, 0) is 69.6 Å². The molecule has 0 aromatic rings. The number of aliphatic imine (C=N–C) groups is 1. The van der Waals surface area contributed by atoms with Crippen molar-refractivity contribution in [2.24, 2.45) is 28.3 Å². The molecule has 9 amide bonds. The Morgan fingerprint density at radius 1 is 0.746 bits per heavy atom. The van der Waals surface area contributed by atoms with Gasteiger partial charge in [-0.25, -0.2) is 0 Å². The van der Waals surface area contributed by atoms with Gasteiger partial charge in [-0.15, -0.1) is 0 Å². The van der Waals surface area contributed by atoms with Crippen LogP contribution >= 0.6 is 0 Å². The SMILES string of the molecule is CC(=O)NCCCC[C@H]1C(=O)NCC(=O)N[C@@H](CC(C)C)C(=O)N[C@@H](CCCN=C(N)N)C(=O)NCC(=O)N[C@@H](CC(=O)O)C(=O)N[C@@H](CC(C)C)C(=O)N2CCC[C@@H]2C(=O)N1C. The topological polar surface area (TPSA) is 346 Å². The van der Waals surface area contributed by atoms with Gasteiger partial charge in [0, 0.05) is 33.6 Å². The van der Waals surface area contributed by atoms with Gasteiger partial charge in [-0.1, -0.05) is 27.7 Å². The molecule has 0 aliphatic carbocycles. The minimum Gasteiger partial charge on any atom is -0.481 e. The fraction of sp³-hybridized carbons (Fsp3) is 0.725. The number of carboxylic acids is 1. The number of unbranched alkanes of at least 4 members (excludes halogenated alkanes) is 1. The fourth-order valence-electron chi connectivity index (χ4n) is 7.27. The Labute approximate surface area is 367 Å². The maximum absolute atomic E-state index is 14.2. The van der Waals surface area contributed by atoms with Gasteiger partial charge in [-0.2, -0.15) is 0 Å². The number of guanidine groups is 1. The third kappa shape index (κ3) is 18.9. The standard InChI is InChI=1S/C40H68N12O11/c1-22(2)17-26-35(59)49-25(11-9-15-44-40(41)42)34(58)45-20-31(54)48-27(19-33(56)57)36(60)50-28(18-23(3)4)38(62)52-16-10-13-30(52)39(63)51(6)29(12-7-8-14-43-24(5)53)37(61)46-21-32(55)47-26/h22-23,25-30H,7-21H2,1-6H3,(H,43,53)(H,45,58)(H,46,61)(H,47,55)(H,48,54)(H,49,59)(H,50,60)(H,56,57)(H4,41,42,44)/t25-,26-,27-,28-,29-,30+/m0/s1. The summed E-state index contributed by atoms with van der Waals surface area (Å²) in [5.74, 6) is -8.38. The molecule has 2 aliphatic heterocycles. The van der Waals surface area contributed by atoms with Crippen molar-refractivity contribution in [3.8, 4) is 0 Å². The Bertz CT molecular complexity index is 1690. The molecule has 0 aromatic carbocycles. The molecule has 2 fully saturated rings. The van der Waals surface area contributed by atoms with E-state index < -0.39 is 109 Å². The minimum absolute atomic E-state index is 0.0278.